The van der Waals surface area contributed by atoms with Gasteiger partial charge in [0.05, 0.1) is 6.61 Å². The van der Waals surface area contributed by atoms with Crippen LogP contribution in [0.5, 0.6) is 5.88 Å². The van der Waals surface area contributed by atoms with Crippen LogP contribution in [0.4, 0.5) is 10.2 Å². The lowest BCUT2D eigenvalue weighted by Crippen LogP contribution is -2.09. The molecule has 0 saturated heterocycles. The first-order valence-electron chi connectivity index (χ1n) is 6.65. The largest absolute Gasteiger partial charge is 0.478 e. The van der Waals surface area contributed by atoms with Crippen LogP contribution in [0, 0.1) is 12.7 Å². The van der Waals surface area contributed by atoms with Gasteiger partial charge in [0.15, 0.2) is 0 Å². The molecule has 0 spiro atoms. The van der Waals surface area contributed by atoms with Crippen LogP contribution < -0.4 is 10.1 Å². The summed E-state index contributed by atoms with van der Waals surface area (Å²) in [7, 11) is 0. The van der Waals surface area contributed by atoms with Crippen molar-refractivity contribution >= 4 is 5.82 Å². The average Bonchev–Trinajstić information content (AvgIpc) is 2.41. The van der Waals surface area contributed by atoms with Crippen molar-refractivity contribution in [3.05, 3.63) is 47.5 Å². The van der Waals surface area contributed by atoms with Crippen LogP contribution >= 0.6 is 0 Å². The fourth-order valence-electron chi connectivity index (χ4n) is 1.88. The van der Waals surface area contributed by atoms with Gasteiger partial charge in [0, 0.05) is 12.6 Å². The van der Waals surface area contributed by atoms with Crippen LogP contribution in [0.3, 0.4) is 0 Å². The minimum atomic E-state index is -0.178. The Morgan fingerprint density at radius 3 is 2.80 bits per heavy atom. The highest BCUT2D eigenvalue weighted by atomic mass is 19.1. The molecule has 0 aliphatic carbocycles. The Labute approximate surface area is 118 Å². The van der Waals surface area contributed by atoms with E-state index in [1.807, 2.05) is 19.9 Å². The van der Waals surface area contributed by atoms with Gasteiger partial charge >= 0.3 is 0 Å². The third-order valence-electron chi connectivity index (χ3n) is 2.76. The second kappa shape index (κ2) is 6.84. The van der Waals surface area contributed by atoms with E-state index in [9.17, 15) is 4.39 Å². The van der Waals surface area contributed by atoms with Crippen molar-refractivity contribution in [1.82, 2.24) is 9.97 Å². The molecule has 1 aromatic heterocycles. The summed E-state index contributed by atoms with van der Waals surface area (Å²) in [5.41, 5.74) is 0.691. The first-order valence-corrected chi connectivity index (χ1v) is 6.65. The van der Waals surface area contributed by atoms with Crippen molar-refractivity contribution < 1.29 is 9.13 Å². The number of aromatic nitrogens is 2. The smallest absolute Gasteiger partial charge is 0.218 e. The molecular weight excluding hydrogens is 257 g/mol. The van der Waals surface area contributed by atoms with E-state index in [4.69, 9.17) is 4.74 Å². The third kappa shape index (κ3) is 3.91. The zero-order chi connectivity index (χ0) is 14.4. The Kier molecular flexibility index (Phi) is 4.87. The van der Waals surface area contributed by atoms with Crippen LogP contribution in [0.15, 0.2) is 30.3 Å². The summed E-state index contributed by atoms with van der Waals surface area (Å²) in [5.74, 6) is 1.71. The Morgan fingerprint density at radius 1 is 1.25 bits per heavy atom. The molecule has 0 fully saturated rings. The summed E-state index contributed by atoms with van der Waals surface area (Å²) >= 11 is 0. The summed E-state index contributed by atoms with van der Waals surface area (Å²) in [6, 6.07) is 8.53. The Bertz CT molecular complexity index is 575. The molecule has 0 bridgehead atoms. The van der Waals surface area contributed by atoms with Gasteiger partial charge in [-0.15, -0.1) is 0 Å². The molecule has 0 atom stereocenters. The van der Waals surface area contributed by atoms with E-state index >= 15 is 0 Å². The molecule has 0 radical (unpaired) electrons. The SMILES string of the molecule is CCOc1cc(NCCc2ccccc2F)nc(C)n1. The Balaban J connectivity index is 1.95. The molecular formula is C15H18FN3O. The van der Waals surface area contributed by atoms with E-state index in [2.05, 4.69) is 15.3 Å². The highest BCUT2D eigenvalue weighted by Gasteiger charge is 2.03. The summed E-state index contributed by atoms with van der Waals surface area (Å²) in [4.78, 5) is 8.44. The van der Waals surface area contributed by atoms with E-state index in [1.54, 1.807) is 18.2 Å². The van der Waals surface area contributed by atoms with Gasteiger partial charge in [-0.3, -0.25) is 0 Å². The van der Waals surface area contributed by atoms with Gasteiger partial charge in [0.1, 0.15) is 17.5 Å². The summed E-state index contributed by atoms with van der Waals surface area (Å²) < 4.78 is 18.8. The van der Waals surface area contributed by atoms with Gasteiger partial charge in [0.25, 0.3) is 0 Å². The average molecular weight is 275 g/mol. The minimum Gasteiger partial charge on any atom is -0.478 e. The van der Waals surface area contributed by atoms with E-state index in [0.717, 1.165) is 0 Å². The monoisotopic (exact) mass is 275 g/mol. The second-order valence-corrected chi connectivity index (χ2v) is 4.34. The molecule has 20 heavy (non-hydrogen) atoms. The van der Waals surface area contributed by atoms with Crippen molar-refractivity contribution in [2.45, 2.75) is 20.3 Å². The van der Waals surface area contributed by atoms with Crippen LogP contribution in [-0.2, 0) is 6.42 Å². The van der Waals surface area contributed by atoms with E-state index in [-0.39, 0.29) is 5.82 Å². The van der Waals surface area contributed by atoms with Crippen LogP contribution in [0.1, 0.15) is 18.3 Å². The van der Waals surface area contributed by atoms with Gasteiger partial charge in [-0.05, 0) is 31.9 Å². The fourth-order valence-corrected chi connectivity index (χ4v) is 1.88. The summed E-state index contributed by atoms with van der Waals surface area (Å²) in [6.45, 7) is 4.88. The molecule has 4 nitrogen and oxygen atoms in total. The van der Waals surface area contributed by atoms with Crippen molar-refractivity contribution in [3.8, 4) is 5.88 Å². The van der Waals surface area contributed by atoms with E-state index in [1.165, 1.54) is 6.07 Å². The number of nitrogens with zero attached hydrogens (tertiary/aromatic N) is 2. The molecule has 1 heterocycles. The van der Waals surface area contributed by atoms with Crippen molar-refractivity contribution in [1.29, 1.82) is 0 Å². The number of ether oxygens (including phenoxy) is 1. The minimum absolute atomic E-state index is 0.178. The van der Waals surface area contributed by atoms with E-state index < -0.39 is 0 Å². The number of hydrogen-bond acceptors (Lipinski definition) is 4. The lowest BCUT2D eigenvalue weighted by atomic mass is 10.1. The van der Waals surface area contributed by atoms with Crippen LogP contribution in [0.25, 0.3) is 0 Å². The first kappa shape index (κ1) is 14.2. The predicted octanol–water partition coefficient (Wildman–Crippen LogP) is 2.98. The number of anilines is 1. The second-order valence-electron chi connectivity index (χ2n) is 4.34. The number of hydrogen-bond donors (Lipinski definition) is 1. The highest BCUT2D eigenvalue weighted by molar-refractivity contribution is 5.38. The predicted molar refractivity (Wildman–Crippen MR) is 76.5 cm³/mol. The van der Waals surface area contributed by atoms with Crippen LogP contribution in [-0.4, -0.2) is 23.1 Å². The third-order valence-corrected chi connectivity index (χ3v) is 2.76. The number of halogens is 1. The number of aryl methyl sites for hydroxylation is 1. The van der Waals surface area contributed by atoms with Crippen molar-refractivity contribution in [2.24, 2.45) is 0 Å². The number of rotatable bonds is 6. The molecule has 0 aliphatic rings. The standard InChI is InChI=1S/C15H18FN3O/c1-3-20-15-10-14(18-11(2)19-15)17-9-8-12-6-4-5-7-13(12)16/h4-7,10H,3,8-9H2,1-2H3,(H,17,18,19). The highest BCUT2D eigenvalue weighted by Crippen LogP contribution is 2.14. The maximum absolute atomic E-state index is 13.5. The number of benzene rings is 1. The molecule has 0 amide bonds. The maximum Gasteiger partial charge on any atom is 0.218 e. The van der Waals surface area contributed by atoms with Gasteiger partial charge in [-0.1, -0.05) is 18.2 Å². The van der Waals surface area contributed by atoms with Gasteiger partial charge in [0.2, 0.25) is 5.88 Å². The lowest BCUT2D eigenvalue weighted by Gasteiger charge is -2.09. The summed E-state index contributed by atoms with van der Waals surface area (Å²) in [5, 5.41) is 3.16. The molecule has 2 aromatic rings. The topological polar surface area (TPSA) is 47.0 Å². The lowest BCUT2D eigenvalue weighted by molar-refractivity contribution is 0.325. The van der Waals surface area contributed by atoms with Gasteiger partial charge in [-0.25, -0.2) is 9.37 Å². The maximum atomic E-state index is 13.5. The first-order chi connectivity index (χ1) is 9.69. The van der Waals surface area contributed by atoms with E-state index in [0.29, 0.717) is 42.7 Å². The van der Waals surface area contributed by atoms with Gasteiger partial charge in [-0.2, -0.15) is 4.98 Å². The Morgan fingerprint density at radius 2 is 2.05 bits per heavy atom. The van der Waals surface area contributed by atoms with Crippen LogP contribution in [0.2, 0.25) is 0 Å². The fraction of sp³-hybridized carbons (Fsp3) is 0.333. The zero-order valence-corrected chi connectivity index (χ0v) is 11.7. The molecule has 2 rings (SSSR count). The molecule has 1 N–H and O–H groups in total. The van der Waals surface area contributed by atoms with Crippen molar-refractivity contribution in [3.63, 3.8) is 0 Å². The molecule has 106 valence electrons. The Hall–Kier alpha value is -2.17. The molecule has 0 saturated carbocycles. The van der Waals surface area contributed by atoms with Gasteiger partial charge < -0.3 is 10.1 Å². The van der Waals surface area contributed by atoms with Crippen molar-refractivity contribution in [2.75, 3.05) is 18.5 Å². The normalized spacial score (nSPS) is 10.3. The molecule has 1 aromatic carbocycles. The zero-order valence-electron chi connectivity index (χ0n) is 11.7. The quantitative estimate of drug-likeness (QED) is 0.880. The molecule has 0 aliphatic heterocycles. The molecule has 5 heteroatoms. The number of nitrogens with one attached hydrogen (secondary N) is 1. The molecule has 0 unspecified atom stereocenters. The summed E-state index contributed by atoms with van der Waals surface area (Å²) in [6.07, 6.45) is 0.597.